The first-order chi connectivity index (χ1) is 6.66. The molecular weight excluding hydrogens is 182 g/mol. The Kier molecular flexibility index (Phi) is 2.41. The Hall–Kier alpha value is -1.10. The average Bonchev–Trinajstić information content (AvgIpc) is 2.73. The minimum Gasteiger partial charge on any atom is -0.344 e. The number of hydrogen-bond acceptors (Lipinski definition) is 3. The number of likely N-dealkylation sites (tertiary alicyclic amines) is 1. The molecule has 0 radical (unpaired) electrons. The molecule has 0 spiro atoms. The Bertz CT molecular complexity index is 267. The molecule has 0 saturated carbocycles. The molecule has 2 rings (SSSR count). The fourth-order valence-corrected chi connectivity index (χ4v) is 2.01. The minimum absolute atomic E-state index is 0.0214. The van der Waals surface area contributed by atoms with Crippen LogP contribution in [-0.2, 0) is 9.59 Å². The predicted molar refractivity (Wildman–Crippen MR) is 50.3 cm³/mol. The minimum atomic E-state index is -0.298. The Labute approximate surface area is 82.6 Å². The number of nitrogens with zero attached hydrogens (tertiary/aromatic N) is 1. The van der Waals surface area contributed by atoms with Crippen LogP contribution in [0.4, 0.5) is 0 Å². The second-order valence-corrected chi connectivity index (χ2v) is 3.99. The molecule has 2 unspecified atom stereocenters. The molecule has 2 saturated heterocycles. The van der Waals surface area contributed by atoms with Crippen molar-refractivity contribution in [2.45, 2.75) is 31.3 Å². The molecule has 2 fully saturated rings. The van der Waals surface area contributed by atoms with Crippen molar-refractivity contribution in [2.75, 3.05) is 13.1 Å². The maximum Gasteiger partial charge on any atom is 0.245 e. The Morgan fingerprint density at radius 2 is 2.29 bits per heavy atom. The van der Waals surface area contributed by atoms with Gasteiger partial charge in [-0.2, -0.15) is 0 Å². The van der Waals surface area contributed by atoms with Crippen LogP contribution >= 0.6 is 0 Å². The van der Waals surface area contributed by atoms with Gasteiger partial charge in [0.15, 0.2) is 0 Å². The number of carbonyl (C=O) groups is 2. The van der Waals surface area contributed by atoms with Crippen molar-refractivity contribution in [1.82, 2.24) is 10.2 Å². The van der Waals surface area contributed by atoms with Crippen LogP contribution in [0, 0.1) is 0 Å². The van der Waals surface area contributed by atoms with Crippen molar-refractivity contribution < 1.29 is 9.59 Å². The lowest BCUT2D eigenvalue weighted by Crippen LogP contribution is -2.44. The molecule has 0 aromatic carbocycles. The van der Waals surface area contributed by atoms with Crippen LogP contribution in [0.1, 0.15) is 19.3 Å². The Balaban J connectivity index is 1.92. The van der Waals surface area contributed by atoms with Gasteiger partial charge < -0.3 is 16.0 Å². The summed E-state index contributed by atoms with van der Waals surface area (Å²) in [6.07, 6.45) is 1.96. The SMILES string of the molecule is NC1CCN(C(=O)C2CCC(=O)N2)C1. The molecule has 0 bridgehead atoms. The average molecular weight is 197 g/mol. The first-order valence-corrected chi connectivity index (χ1v) is 5.00. The molecule has 3 N–H and O–H groups in total. The molecule has 5 nitrogen and oxygen atoms in total. The normalized spacial score (nSPS) is 32.1. The van der Waals surface area contributed by atoms with Gasteiger partial charge in [0, 0.05) is 25.6 Å². The van der Waals surface area contributed by atoms with Crippen molar-refractivity contribution in [2.24, 2.45) is 5.73 Å². The van der Waals surface area contributed by atoms with Crippen LogP contribution < -0.4 is 11.1 Å². The van der Waals surface area contributed by atoms with E-state index in [0.717, 1.165) is 13.0 Å². The fraction of sp³-hybridized carbons (Fsp3) is 0.778. The summed E-state index contributed by atoms with van der Waals surface area (Å²) in [4.78, 5) is 24.5. The van der Waals surface area contributed by atoms with E-state index in [1.807, 2.05) is 0 Å². The van der Waals surface area contributed by atoms with Crippen molar-refractivity contribution in [1.29, 1.82) is 0 Å². The van der Waals surface area contributed by atoms with Crippen LogP contribution in [-0.4, -0.2) is 41.9 Å². The highest BCUT2D eigenvalue weighted by Gasteiger charge is 2.33. The zero-order chi connectivity index (χ0) is 10.1. The van der Waals surface area contributed by atoms with Gasteiger partial charge in [-0.3, -0.25) is 9.59 Å². The first-order valence-electron chi connectivity index (χ1n) is 5.00. The van der Waals surface area contributed by atoms with Gasteiger partial charge in [-0.05, 0) is 12.8 Å². The van der Waals surface area contributed by atoms with Gasteiger partial charge in [0.25, 0.3) is 0 Å². The van der Waals surface area contributed by atoms with E-state index in [0.29, 0.717) is 19.4 Å². The second kappa shape index (κ2) is 3.57. The maximum absolute atomic E-state index is 11.8. The third kappa shape index (κ3) is 1.72. The maximum atomic E-state index is 11.8. The summed E-state index contributed by atoms with van der Waals surface area (Å²) in [7, 11) is 0. The number of hydrogen-bond donors (Lipinski definition) is 2. The number of rotatable bonds is 1. The molecular formula is C9H15N3O2. The summed E-state index contributed by atoms with van der Waals surface area (Å²) in [5, 5.41) is 2.67. The highest BCUT2D eigenvalue weighted by atomic mass is 16.2. The molecule has 0 aliphatic carbocycles. The van der Waals surface area contributed by atoms with Gasteiger partial charge in [0.1, 0.15) is 6.04 Å². The monoisotopic (exact) mass is 197 g/mol. The highest BCUT2D eigenvalue weighted by Crippen LogP contribution is 2.14. The van der Waals surface area contributed by atoms with E-state index < -0.39 is 0 Å². The Morgan fingerprint density at radius 3 is 2.79 bits per heavy atom. The lowest BCUT2D eigenvalue weighted by atomic mass is 10.2. The van der Waals surface area contributed by atoms with Gasteiger partial charge in [-0.25, -0.2) is 0 Å². The lowest BCUT2D eigenvalue weighted by Gasteiger charge is -2.19. The highest BCUT2D eigenvalue weighted by molar-refractivity contribution is 5.90. The third-order valence-electron chi connectivity index (χ3n) is 2.83. The van der Waals surface area contributed by atoms with Gasteiger partial charge >= 0.3 is 0 Å². The summed E-state index contributed by atoms with van der Waals surface area (Å²) in [6, 6.07) is -0.191. The second-order valence-electron chi connectivity index (χ2n) is 3.99. The number of amides is 2. The molecule has 78 valence electrons. The van der Waals surface area contributed by atoms with E-state index in [4.69, 9.17) is 5.73 Å². The number of carbonyl (C=O) groups excluding carboxylic acids is 2. The van der Waals surface area contributed by atoms with Gasteiger partial charge in [-0.15, -0.1) is 0 Å². The Morgan fingerprint density at radius 1 is 1.50 bits per heavy atom. The molecule has 2 amide bonds. The summed E-state index contributed by atoms with van der Waals surface area (Å²) in [5.74, 6) is 0.00986. The quantitative estimate of drug-likeness (QED) is 0.556. The summed E-state index contributed by atoms with van der Waals surface area (Å²) < 4.78 is 0. The molecule has 0 aromatic rings. The molecule has 5 heteroatoms. The molecule has 2 aliphatic heterocycles. The van der Waals surface area contributed by atoms with E-state index >= 15 is 0 Å². The van der Waals surface area contributed by atoms with Crippen molar-refractivity contribution >= 4 is 11.8 Å². The molecule has 14 heavy (non-hydrogen) atoms. The van der Waals surface area contributed by atoms with Crippen LogP contribution in [0.2, 0.25) is 0 Å². The van der Waals surface area contributed by atoms with Crippen LogP contribution in [0.3, 0.4) is 0 Å². The number of nitrogens with one attached hydrogen (secondary N) is 1. The summed E-state index contributed by atoms with van der Waals surface area (Å²) in [5.41, 5.74) is 5.71. The van der Waals surface area contributed by atoms with E-state index in [1.165, 1.54) is 0 Å². The summed E-state index contributed by atoms with van der Waals surface area (Å²) in [6.45, 7) is 1.36. The fourth-order valence-electron chi connectivity index (χ4n) is 2.01. The van der Waals surface area contributed by atoms with Crippen LogP contribution in [0.5, 0.6) is 0 Å². The van der Waals surface area contributed by atoms with Crippen LogP contribution in [0.25, 0.3) is 0 Å². The standard InChI is InChI=1S/C9H15N3O2/c10-6-3-4-12(5-6)9(14)7-1-2-8(13)11-7/h6-7H,1-5,10H2,(H,11,13). The van der Waals surface area contributed by atoms with Crippen molar-refractivity contribution in [3.63, 3.8) is 0 Å². The van der Waals surface area contributed by atoms with E-state index in [1.54, 1.807) is 4.90 Å². The summed E-state index contributed by atoms with van der Waals surface area (Å²) >= 11 is 0. The zero-order valence-corrected chi connectivity index (χ0v) is 8.03. The van der Waals surface area contributed by atoms with Gasteiger partial charge in [0.05, 0.1) is 0 Å². The van der Waals surface area contributed by atoms with Crippen LogP contribution in [0.15, 0.2) is 0 Å². The van der Waals surface area contributed by atoms with Crippen molar-refractivity contribution in [3.8, 4) is 0 Å². The van der Waals surface area contributed by atoms with E-state index in [2.05, 4.69) is 5.32 Å². The largest absolute Gasteiger partial charge is 0.344 e. The predicted octanol–water partition coefficient (Wildman–Crippen LogP) is -1.18. The van der Waals surface area contributed by atoms with Gasteiger partial charge in [-0.1, -0.05) is 0 Å². The third-order valence-corrected chi connectivity index (χ3v) is 2.83. The molecule has 2 atom stereocenters. The van der Waals surface area contributed by atoms with Gasteiger partial charge in [0.2, 0.25) is 11.8 Å². The molecule has 0 aromatic heterocycles. The van der Waals surface area contributed by atoms with Crippen molar-refractivity contribution in [3.05, 3.63) is 0 Å². The number of nitrogens with two attached hydrogens (primary N) is 1. The molecule has 2 aliphatic rings. The van der Waals surface area contributed by atoms with E-state index in [9.17, 15) is 9.59 Å². The zero-order valence-electron chi connectivity index (χ0n) is 8.03. The first kappa shape index (κ1) is 9.45. The lowest BCUT2D eigenvalue weighted by molar-refractivity contribution is -0.133. The smallest absolute Gasteiger partial charge is 0.245 e. The van der Waals surface area contributed by atoms with E-state index in [-0.39, 0.29) is 23.9 Å². The molecule has 2 heterocycles. The topological polar surface area (TPSA) is 75.4 Å².